The second kappa shape index (κ2) is 6.96. The van der Waals surface area contributed by atoms with E-state index in [1.165, 1.54) is 6.26 Å². The molecule has 0 aliphatic rings. The highest BCUT2D eigenvalue weighted by Gasteiger charge is 2.15. The van der Waals surface area contributed by atoms with E-state index in [0.717, 1.165) is 12.0 Å². The average Bonchev–Trinajstić information content (AvgIpc) is 2.47. The van der Waals surface area contributed by atoms with Crippen molar-refractivity contribution in [1.82, 2.24) is 0 Å². The van der Waals surface area contributed by atoms with E-state index < -0.39 is 9.84 Å². The van der Waals surface area contributed by atoms with Gasteiger partial charge in [-0.25, -0.2) is 8.42 Å². The Bertz CT molecular complexity index is 686. The second-order valence-corrected chi connectivity index (χ2v) is 7.25. The van der Waals surface area contributed by atoms with Gasteiger partial charge in [-0.05, 0) is 24.1 Å². The van der Waals surface area contributed by atoms with Gasteiger partial charge in [0.2, 0.25) is 0 Å². The Kier molecular flexibility index (Phi) is 5.26. The van der Waals surface area contributed by atoms with E-state index in [1.807, 2.05) is 36.4 Å². The van der Waals surface area contributed by atoms with Gasteiger partial charge in [0, 0.05) is 18.2 Å². The molecule has 112 valence electrons. The zero-order chi connectivity index (χ0) is 15.3. The highest BCUT2D eigenvalue weighted by Crippen LogP contribution is 2.22. The molecule has 0 fully saturated rings. The Hall–Kier alpha value is -1.52. The molecular formula is C16H18ClNO2S. The van der Waals surface area contributed by atoms with Gasteiger partial charge in [0.15, 0.2) is 9.84 Å². The van der Waals surface area contributed by atoms with E-state index in [-0.39, 0.29) is 6.04 Å². The molecule has 0 bridgehead atoms. The smallest absolute Gasteiger partial charge is 0.177 e. The number of hydrogen-bond acceptors (Lipinski definition) is 3. The van der Waals surface area contributed by atoms with E-state index in [4.69, 9.17) is 11.6 Å². The van der Waals surface area contributed by atoms with Gasteiger partial charge in [-0.15, -0.1) is 11.6 Å². The van der Waals surface area contributed by atoms with Crippen molar-refractivity contribution in [2.24, 2.45) is 0 Å². The maximum absolute atomic E-state index is 11.8. The van der Waals surface area contributed by atoms with Crippen LogP contribution in [0, 0.1) is 0 Å². The van der Waals surface area contributed by atoms with Gasteiger partial charge < -0.3 is 5.32 Å². The number of alkyl halides is 1. The molecule has 5 heteroatoms. The van der Waals surface area contributed by atoms with Crippen LogP contribution in [0.4, 0.5) is 5.69 Å². The number of para-hydroxylation sites is 1. The quantitative estimate of drug-likeness (QED) is 0.829. The summed E-state index contributed by atoms with van der Waals surface area (Å²) >= 11 is 6.02. The van der Waals surface area contributed by atoms with Crippen LogP contribution in [0.1, 0.15) is 5.56 Å². The number of halogens is 1. The third kappa shape index (κ3) is 4.48. The van der Waals surface area contributed by atoms with Crippen molar-refractivity contribution in [3.05, 3.63) is 60.2 Å². The lowest BCUT2D eigenvalue weighted by molar-refractivity contribution is 0.602. The second-order valence-electron chi connectivity index (χ2n) is 4.95. The van der Waals surface area contributed by atoms with E-state index in [9.17, 15) is 8.42 Å². The number of benzene rings is 2. The van der Waals surface area contributed by atoms with E-state index in [2.05, 4.69) is 5.32 Å². The van der Waals surface area contributed by atoms with Crippen LogP contribution in [0.5, 0.6) is 0 Å². The average molecular weight is 324 g/mol. The predicted molar refractivity (Wildman–Crippen MR) is 87.8 cm³/mol. The molecule has 1 N–H and O–H groups in total. The molecule has 2 aromatic rings. The Morgan fingerprint density at radius 3 is 2.29 bits per heavy atom. The number of hydrogen-bond donors (Lipinski definition) is 1. The monoisotopic (exact) mass is 323 g/mol. The van der Waals surface area contributed by atoms with Crippen LogP contribution in [-0.2, 0) is 16.3 Å². The largest absolute Gasteiger partial charge is 0.380 e. The van der Waals surface area contributed by atoms with Gasteiger partial charge in [-0.1, -0.05) is 42.5 Å². The first-order chi connectivity index (χ1) is 10.0. The minimum Gasteiger partial charge on any atom is -0.380 e. The van der Waals surface area contributed by atoms with Gasteiger partial charge >= 0.3 is 0 Å². The molecule has 2 rings (SSSR count). The van der Waals surface area contributed by atoms with E-state index in [1.54, 1.807) is 18.2 Å². The molecule has 0 aromatic heterocycles. The summed E-state index contributed by atoms with van der Waals surface area (Å²) in [6.07, 6.45) is 1.95. The summed E-state index contributed by atoms with van der Waals surface area (Å²) in [5.74, 6) is 0.396. The molecule has 0 heterocycles. The number of anilines is 1. The Morgan fingerprint density at radius 2 is 1.67 bits per heavy atom. The summed E-state index contributed by atoms with van der Waals surface area (Å²) in [6, 6.07) is 16.8. The molecule has 0 aliphatic heterocycles. The first kappa shape index (κ1) is 15.9. The zero-order valence-corrected chi connectivity index (χ0v) is 13.4. The molecule has 21 heavy (non-hydrogen) atoms. The first-order valence-corrected chi connectivity index (χ1v) is 9.09. The lowest BCUT2D eigenvalue weighted by Crippen LogP contribution is -2.25. The highest BCUT2D eigenvalue weighted by molar-refractivity contribution is 7.90. The summed E-state index contributed by atoms with van der Waals surface area (Å²) in [5, 5.41) is 3.24. The molecule has 0 saturated carbocycles. The molecule has 0 amide bonds. The Morgan fingerprint density at radius 1 is 1.05 bits per heavy atom. The number of sulfone groups is 1. The molecule has 0 radical (unpaired) electrons. The maximum Gasteiger partial charge on any atom is 0.177 e. The van der Waals surface area contributed by atoms with E-state index >= 15 is 0 Å². The van der Waals surface area contributed by atoms with Crippen molar-refractivity contribution < 1.29 is 8.42 Å². The van der Waals surface area contributed by atoms with Crippen LogP contribution in [0.15, 0.2) is 59.5 Å². The Balaban J connectivity index is 2.20. The summed E-state index contributed by atoms with van der Waals surface area (Å²) in [6.45, 7) is 0. The van der Waals surface area contributed by atoms with Crippen molar-refractivity contribution in [3.63, 3.8) is 0 Å². The van der Waals surface area contributed by atoms with Crippen molar-refractivity contribution in [1.29, 1.82) is 0 Å². The fourth-order valence-electron chi connectivity index (χ4n) is 2.17. The molecule has 0 aliphatic carbocycles. The van der Waals surface area contributed by atoms with Crippen LogP contribution in [-0.4, -0.2) is 26.6 Å². The normalized spacial score (nSPS) is 12.9. The Labute approximate surface area is 130 Å². The van der Waals surface area contributed by atoms with Crippen LogP contribution in [0.25, 0.3) is 0 Å². The first-order valence-electron chi connectivity index (χ1n) is 6.66. The lowest BCUT2D eigenvalue weighted by atomic mass is 10.1. The van der Waals surface area contributed by atoms with Crippen LogP contribution >= 0.6 is 11.6 Å². The number of rotatable bonds is 6. The number of nitrogens with one attached hydrogen (secondary N) is 1. The van der Waals surface area contributed by atoms with Gasteiger partial charge in [0.25, 0.3) is 0 Å². The molecule has 1 unspecified atom stereocenters. The zero-order valence-electron chi connectivity index (χ0n) is 11.8. The van der Waals surface area contributed by atoms with Crippen LogP contribution < -0.4 is 5.32 Å². The molecule has 0 spiro atoms. The summed E-state index contributed by atoms with van der Waals surface area (Å²) in [5.41, 5.74) is 1.76. The minimum atomic E-state index is -3.27. The van der Waals surface area contributed by atoms with Crippen LogP contribution in [0.3, 0.4) is 0 Å². The molecule has 2 aromatic carbocycles. The molecule has 1 atom stereocenters. The van der Waals surface area contributed by atoms with Crippen LogP contribution in [0.2, 0.25) is 0 Å². The molecular weight excluding hydrogens is 306 g/mol. The third-order valence-electron chi connectivity index (χ3n) is 3.16. The summed E-state index contributed by atoms with van der Waals surface area (Å²) in [7, 11) is -3.27. The van der Waals surface area contributed by atoms with Crippen molar-refractivity contribution in [2.45, 2.75) is 17.4 Å². The van der Waals surface area contributed by atoms with Crippen molar-refractivity contribution in [2.75, 3.05) is 17.5 Å². The predicted octanol–water partition coefficient (Wildman–Crippen LogP) is 3.35. The van der Waals surface area contributed by atoms with Crippen molar-refractivity contribution in [3.8, 4) is 0 Å². The van der Waals surface area contributed by atoms with Crippen molar-refractivity contribution >= 4 is 27.1 Å². The third-order valence-corrected chi connectivity index (χ3v) is 4.68. The topological polar surface area (TPSA) is 46.2 Å². The lowest BCUT2D eigenvalue weighted by Gasteiger charge is -2.19. The minimum absolute atomic E-state index is 0.0306. The standard InChI is InChI=1S/C16H18ClNO2S/c1-21(19,20)16-10-6-5-9-15(16)18-14(12-17)11-13-7-3-2-4-8-13/h2-10,14,18H,11-12H2,1H3. The van der Waals surface area contributed by atoms with E-state index in [0.29, 0.717) is 16.5 Å². The van der Waals surface area contributed by atoms with Gasteiger partial charge in [0.1, 0.15) is 0 Å². The highest BCUT2D eigenvalue weighted by atomic mass is 35.5. The molecule has 3 nitrogen and oxygen atoms in total. The fourth-order valence-corrected chi connectivity index (χ4v) is 3.21. The van der Waals surface area contributed by atoms with Gasteiger partial charge in [-0.2, -0.15) is 0 Å². The van der Waals surface area contributed by atoms with Gasteiger partial charge in [0.05, 0.1) is 10.6 Å². The SMILES string of the molecule is CS(=O)(=O)c1ccccc1NC(CCl)Cc1ccccc1. The maximum atomic E-state index is 11.8. The molecule has 0 saturated heterocycles. The fraction of sp³-hybridized carbons (Fsp3) is 0.250. The summed E-state index contributed by atoms with van der Waals surface area (Å²) in [4.78, 5) is 0.299. The van der Waals surface area contributed by atoms with Gasteiger partial charge in [-0.3, -0.25) is 0 Å². The summed E-state index contributed by atoms with van der Waals surface area (Å²) < 4.78 is 23.6.